The van der Waals surface area contributed by atoms with Crippen LogP contribution < -0.4 is 0 Å². The lowest BCUT2D eigenvalue weighted by molar-refractivity contribution is 1.01. The van der Waals surface area contributed by atoms with Crippen LogP contribution in [0.1, 0.15) is 41.0 Å². The van der Waals surface area contributed by atoms with E-state index in [1.165, 1.54) is 34.8 Å². The van der Waals surface area contributed by atoms with Crippen molar-refractivity contribution in [2.75, 3.05) is 4.43 Å². The molecule has 1 fully saturated rings. The van der Waals surface area contributed by atoms with E-state index in [1.54, 1.807) is 11.1 Å². The molecule has 0 aliphatic heterocycles. The van der Waals surface area contributed by atoms with Gasteiger partial charge in [-0.05, 0) is 54.4 Å². The van der Waals surface area contributed by atoms with E-state index in [0.717, 1.165) is 10.3 Å². The minimum Gasteiger partial charge on any atom is -0.0860 e. The first-order valence-electron chi connectivity index (χ1n) is 5.50. The zero-order valence-electron chi connectivity index (χ0n) is 9.02. The van der Waals surface area contributed by atoms with Crippen LogP contribution in [0.5, 0.6) is 0 Å². The summed E-state index contributed by atoms with van der Waals surface area (Å²) in [4.78, 5) is 0. The smallest absolute Gasteiger partial charge is 0.0247 e. The number of alkyl halides is 2. The van der Waals surface area contributed by atoms with E-state index in [4.69, 9.17) is 0 Å². The zero-order valence-corrected chi connectivity index (χ0v) is 13.3. The van der Waals surface area contributed by atoms with E-state index in [2.05, 4.69) is 64.2 Å². The van der Waals surface area contributed by atoms with E-state index < -0.39 is 0 Å². The van der Waals surface area contributed by atoms with Crippen LogP contribution in [0.3, 0.4) is 0 Å². The molecule has 0 spiro atoms. The van der Waals surface area contributed by atoms with Crippen molar-refractivity contribution < 1.29 is 0 Å². The van der Waals surface area contributed by atoms with E-state index in [-0.39, 0.29) is 0 Å². The van der Waals surface area contributed by atoms with Gasteiger partial charge in [-0.3, -0.25) is 0 Å². The van der Waals surface area contributed by atoms with Gasteiger partial charge in [0.25, 0.3) is 0 Å². The Kier molecular flexibility index (Phi) is 4.32. The maximum Gasteiger partial charge on any atom is 0.0247 e. The molecule has 0 radical (unpaired) electrons. The van der Waals surface area contributed by atoms with Crippen molar-refractivity contribution in [1.29, 1.82) is 0 Å². The highest BCUT2D eigenvalue weighted by molar-refractivity contribution is 14.1. The van der Waals surface area contributed by atoms with Gasteiger partial charge < -0.3 is 0 Å². The third kappa shape index (κ3) is 2.87. The monoisotopic (exact) mass is 426 g/mol. The molecular weight excluding hydrogens is 410 g/mol. The van der Waals surface area contributed by atoms with Crippen LogP contribution in [-0.4, -0.2) is 4.43 Å². The number of aryl methyl sites for hydroxylation is 2. The highest BCUT2D eigenvalue weighted by atomic mass is 127. The summed E-state index contributed by atoms with van der Waals surface area (Å²) in [5, 5.41) is 0. The number of hydrogen-bond donors (Lipinski definition) is 0. The Hall–Kier alpha value is 0.680. The van der Waals surface area contributed by atoms with E-state index in [0.29, 0.717) is 0 Å². The van der Waals surface area contributed by atoms with E-state index in [1.807, 2.05) is 0 Å². The standard InChI is InChI=1S/C13H16I2/c1-9-6-10(8-15)7-12(4-5-14)13(9)11-2-3-11/h6-7,11H,2-5,8H2,1H3. The molecule has 1 aromatic rings. The summed E-state index contributed by atoms with van der Waals surface area (Å²) in [6.45, 7) is 2.29. The first-order chi connectivity index (χ1) is 7.26. The molecule has 0 amide bonds. The zero-order chi connectivity index (χ0) is 10.8. The molecular formula is C13H16I2. The molecule has 1 aliphatic carbocycles. The van der Waals surface area contributed by atoms with Gasteiger partial charge in [-0.2, -0.15) is 0 Å². The molecule has 0 atom stereocenters. The van der Waals surface area contributed by atoms with Crippen LogP contribution in [0.25, 0.3) is 0 Å². The first kappa shape index (κ1) is 12.1. The van der Waals surface area contributed by atoms with Crippen LogP contribution in [-0.2, 0) is 10.8 Å². The van der Waals surface area contributed by atoms with Gasteiger partial charge in [0.1, 0.15) is 0 Å². The van der Waals surface area contributed by atoms with E-state index in [9.17, 15) is 0 Å². The van der Waals surface area contributed by atoms with Gasteiger partial charge in [-0.1, -0.05) is 57.3 Å². The minimum absolute atomic E-state index is 0.895. The lowest BCUT2D eigenvalue weighted by Crippen LogP contribution is -1.99. The molecule has 0 bridgehead atoms. The molecule has 0 saturated heterocycles. The largest absolute Gasteiger partial charge is 0.0860 e. The van der Waals surface area contributed by atoms with Crippen LogP contribution >= 0.6 is 45.2 Å². The van der Waals surface area contributed by atoms with Gasteiger partial charge >= 0.3 is 0 Å². The predicted molar refractivity (Wildman–Crippen MR) is 83.5 cm³/mol. The molecule has 0 nitrogen and oxygen atoms in total. The summed E-state index contributed by atoms with van der Waals surface area (Å²) in [7, 11) is 0. The Bertz CT molecular complexity index is 354. The molecule has 2 heteroatoms. The number of rotatable bonds is 4. The quantitative estimate of drug-likeness (QED) is 0.480. The molecule has 1 aliphatic rings. The molecule has 0 aromatic heterocycles. The Morgan fingerprint density at radius 1 is 1.27 bits per heavy atom. The Morgan fingerprint density at radius 2 is 2.00 bits per heavy atom. The third-order valence-electron chi connectivity index (χ3n) is 3.04. The van der Waals surface area contributed by atoms with Crippen LogP contribution in [0, 0.1) is 6.92 Å². The van der Waals surface area contributed by atoms with Crippen molar-refractivity contribution in [3.63, 3.8) is 0 Å². The number of hydrogen-bond acceptors (Lipinski definition) is 0. The van der Waals surface area contributed by atoms with Crippen molar-refractivity contribution in [1.82, 2.24) is 0 Å². The van der Waals surface area contributed by atoms with Crippen molar-refractivity contribution in [2.45, 2.75) is 36.5 Å². The third-order valence-corrected chi connectivity index (χ3v) is 4.46. The molecule has 0 unspecified atom stereocenters. The lowest BCUT2D eigenvalue weighted by Gasteiger charge is -2.13. The molecule has 15 heavy (non-hydrogen) atoms. The van der Waals surface area contributed by atoms with Gasteiger partial charge in [-0.15, -0.1) is 0 Å². The summed E-state index contributed by atoms with van der Waals surface area (Å²) in [6.07, 6.45) is 4.08. The van der Waals surface area contributed by atoms with Crippen molar-refractivity contribution in [3.05, 3.63) is 34.4 Å². The lowest BCUT2D eigenvalue weighted by atomic mass is 9.94. The molecule has 1 aromatic carbocycles. The maximum absolute atomic E-state index is 2.49. The number of benzene rings is 1. The normalized spacial score (nSPS) is 15.7. The van der Waals surface area contributed by atoms with Gasteiger partial charge in [0.15, 0.2) is 0 Å². The van der Waals surface area contributed by atoms with Crippen molar-refractivity contribution in [3.8, 4) is 0 Å². The highest BCUT2D eigenvalue weighted by Gasteiger charge is 2.27. The van der Waals surface area contributed by atoms with Crippen molar-refractivity contribution >= 4 is 45.2 Å². The fourth-order valence-corrected chi connectivity index (χ4v) is 3.32. The summed E-state index contributed by atoms with van der Waals surface area (Å²) < 4.78 is 2.37. The average molecular weight is 426 g/mol. The van der Waals surface area contributed by atoms with Crippen LogP contribution in [0.15, 0.2) is 12.1 Å². The van der Waals surface area contributed by atoms with Crippen LogP contribution in [0.4, 0.5) is 0 Å². The summed E-state index contributed by atoms with van der Waals surface area (Å²) in [5.74, 6) is 0.895. The second-order valence-electron chi connectivity index (χ2n) is 4.33. The van der Waals surface area contributed by atoms with Gasteiger partial charge in [-0.25, -0.2) is 0 Å². The Balaban J connectivity index is 2.40. The SMILES string of the molecule is Cc1cc(CI)cc(CCI)c1C1CC1. The number of halogens is 2. The topological polar surface area (TPSA) is 0 Å². The van der Waals surface area contributed by atoms with Gasteiger partial charge in [0, 0.05) is 8.86 Å². The Morgan fingerprint density at radius 3 is 2.53 bits per heavy atom. The van der Waals surface area contributed by atoms with Crippen LogP contribution in [0.2, 0.25) is 0 Å². The molecule has 0 heterocycles. The fourth-order valence-electron chi connectivity index (χ4n) is 2.29. The van der Waals surface area contributed by atoms with E-state index >= 15 is 0 Å². The second kappa shape index (κ2) is 5.34. The summed E-state index contributed by atoms with van der Waals surface area (Å²) in [5.41, 5.74) is 6.34. The predicted octanol–water partition coefficient (Wildman–Crippen LogP) is 4.78. The average Bonchev–Trinajstić information content (AvgIpc) is 3.01. The molecule has 1 saturated carbocycles. The van der Waals surface area contributed by atoms with Gasteiger partial charge in [0.05, 0.1) is 0 Å². The summed E-state index contributed by atoms with van der Waals surface area (Å²) >= 11 is 4.94. The second-order valence-corrected chi connectivity index (χ2v) is 6.17. The fraction of sp³-hybridized carbons (Fsp3) is 0.538. The molecule has 0 N–H and O–H groups in total. The molecule has 82 valence electrons. The minimum atomic E-state index is 0.895. The highest BCUT2D eigenvalue weighted by Crippen LogP contribution is 2.43. The first-order valence-corrected chi connectivity index (χ1v) is 8.55. The summed E-state index contributed by atoms with van der Waals surface area (Å²) in [6, 6.07) is 4.82. The molecule has 2 rings (SSSR count). The maximum atomic E-state index is 2.49. The van der Waals surface area contributed by atoms with Gasteiger partial charge in [0.2, 0.25) is 0 Å². The van der Waals surface area contributed by atoms with Crippen molar-refractivity contribution in [2.24, 2.45) is 0 Å². The Labute approximate surface area is 120 Å².